The third-order valence-corrected chi connectivity index (χ3v) is 3.40. The predicted molar refractivity (Wildman–Crippen MR) is 79.8 cm³/mol. The Bertz CT molecular complexity index is 707. The van der Waals surface area contributed by atoms with Crippen molar-refractivity contribution in [2.24, 2.45) is 7.05 Å². The molecule has 0 aromatic carbocycles. The van der Waals surface area contributed by atoms with Crippen molar-refractivity contribution in [3.63, 3.8) is 0 Å². The molecule has 0 radical (unpaired) electrons. The molecular weight excluding hydrogens is 310 g/mol. The highest BCUT2D eigenvalue weighted by atomic mass is 35.5. The van der Waals surface area contributed by atoms with Gasteiger partial charge in [0.15, 0.2) is 0 Å². The Hall–Kier alpha value is -2.35. The number of halogens is 1. The van der Waals surface area contributed by atoms with Crippen LogP contribution in [0.15, 0.2) is 12.4 Å². The Morgan fingerprint density at radius 2 is 2.09 bits per heavy atom. The minimum Gasteiger partial charge on any atom is -0.462 e. The normalized spacial score (nSPS) is 10.5. The molecule has 2 heterocycles. The van der Waals surface area contributed by atoms with E-state index in [0.717, 1.165) is 0 Å². The van der Waals surface area contributed by atoms with E-state index in [4.69, 9.17) is 16.3 Å². The first-order valence-corrected chi connectivity index (χ1v) is 6.98. The summed E-state index contributed by atoms with van der Waals surface area (Å²) >= 11 is 5.89. The highest BCUT2D eigenvalue weighted by Crippen LogP contribution is 2.16. The number of rotatable bonds is 5. The highest BCUT2D eigenvalue weighted by Gasteiger charge is 2.19. The van der Waals surface area contributed by atoms with Gasteiger partial charge in [-0.05, 0) is 13.8 Å². The number of aromatic nitrogens is 4. The summed E-state index contributed by atoms with van der Waals surface area (Å²) in [6.45, 7) is 3.69. The minimum absolute atomic E-state index is 0.0218. The Morgan fingerprint density at radius 3 is 2.68 bits per heavy atom. The molecule has 0 fully saturated rings. The van der Waals surface area contributed by atoms with Crippen LogP contribution < -0.4 is 5.32 Å². The van der Waals surface area contributed by atoms with Crippen LogP contribution in [0.5, 0.6) is 0 Å². The maximum Gasteiger partial charge on any atom is 0.343 e. The Morgan fingerprint density at radius 1 is 1.36 bits per heavy atom. The molecule has 0 unspecified atom stereocenters. The fraction of sp³-hybridized carbons (Fsp3) is 0.385. The van der Waals surface area contributed by atoms with Crippen LogP contribution in [-0.4, -0.2) is 38.0 Å². The third-order valence-electron chi connectivity index (χ3n) is 3.03. The lowest BCUT2D eigenvalue weighted by Gasteiger charge is -2.09. The van der Waals surface area contributed by atoms with E-state index in [-0.39, 0.29) is 30.4 Å². The molecule has 9 heteroatoms. The largest absolute Gasteiger partial charge is 0.462 e. The molecule has 0 aliphatic carbocycles. The number of carbonyl (C=O) groups is 2. The smallest absolute Gasteiger partial charge is 0.343 e. The van der Waals surface area contributed by atoms with Gasteiger partial charge in [0, 0.05) is 7.05 Å². The number of aryl methyl sites for hydroxylation is 1. The lowest BCUT2D eigenvalue weighted by molar-refractivity contribution is -0.117. The summed E-state index contributed by atoms with van der Waals surface area (Å²) in [7, 11) is 1.62. The number of nitrogens with one attached hydrogen (secondary N) is 1. The SMILES string of the molecule is CCOC(=O)c1cnn(C)c1NC(=O)Cn1ncc(Cl)c1C. The van der Waals surface area contributed by atoms with E-state index in [9.17, 15) is 9.59 Å². The molecular formula is C13H16ClN5O3. The first-order valence-electron chi connectivity index (χ1n) is 6.61. The lowest BCUT2D eigenvalue weighted by atomic mass is 10.3. The number of anilines is 1. The highest BCUT2D eigenvalue weighted by molar-refractivity contribution is 6.31. The zero-order valence-electron chi connectivity index (χ0n) is 12.5. The number of hydrogen-bond acceptors (Lipinski definition) is 5. The Kier molecular flexibility index (Phi) is 4.81. The van der Waals surface area contributed by atoms with Gasteiger partial charge in [-0.25, -0.2) is 4.79 Å². The van der Waals surface area contributed by atoms with Crippen molar-refractivity contribution in [2.75, 3.05) is 11.9 Å². The van der Waals surface area contributed by atoms with Gasteiger partial charge in [-0.2, -0.15) is 10.2 Å². The van der Waals surface area contributed by atoms with Crippen molar-refractivity contribution in [2.45, 2.75) is 20.4 Å². The van der Waals surface area contributed by atoms with Crippen LogP contribution in [0.2, 0.25) is 5.02 Å². The molecule has 0 aliphatic heterocycles. The van der Waals surface area contributed by atoms with Gasteiger partial charge in [0.2, 0.25) is 5.91 Å². The zero-order valence-corrected chi connectivity index (χ0v) is 13.2. The van der Waals surface area contributed by atoms with Gasteiger partial charge in [0.1, 0.15) is 17.9 Å². The van der Waals surface area contributed by atoms with E-state index in [1.807, 2.05) is 0 Å². The molecule has 0 aliphatic rings. The third kappa shape index (κ3) is 3.28. The average Bonchev–Trinajstić information content (AvgIpc) is 2.97. The quantitative estimate of drug-likeness (QED) is 0.839. The summed E-state index contributed by atoms with van der Waals surface area (Å²) in [6.07, 6.45) is 2.82. The molecule has 8 nitrogen and oxygen atoms in total. The van der Waals surface area contributed by atoms with Gasteiger partial charge in [0.05, 0.1) is 29.7 Å². The van der Waals surface area contributed by atoms with Crippen molar-refractivity contribution < 1.29 is 14.3 Å². The number of amides is 1. The Labute approximate surface area is 132 Å². The van der Waals surface area contributed by atoms with E-state index in [1.54, 1.807) is 20.9 Å². The van der Waals surface area contributed by atoms with E-state index in [0.29, 0.717) is 10.7 Å². The van der Waals surface area contributed by atoms with Gasteiger partial charge in [-0.1, -0.05) is 11.6 Å². The molecule has 0 atom stereocenters. The van der Waals surface area contributed by atoms with Crippen molar-refractivity contribution in [3.05, 3.63) is 28.7 Å². The fourth-order valence-electron chi connectivity index (χ4n) is 1.83. The van der Waals surface area contributed by atoms with Crippen LogP contribution in [0.4, 0.5) is 5.82 Å². The van der Waals surface area contributed by atoms with Crippen molar-refractivity contribution in [1.82, 2.24) is 19.6 Å². The predicted octanol–water partition coefficient (Wildman–Crippen LogP) is 1.39. The maximum atomic E-state index is 12.1. The molecule has 0 saturated heterocycles. The van der Waals surface area contributed by atoms with Crippen molar-refractivity contribution in [1.29, 1.82) is 0 Å². The number of esters is 1. The van der Waals surface area contributed by atoms with E-state index >= 15 is 0 Å². The first-order chi connectivity index (χ1) is 10.4. The second-order valence-corrected chi connectivity index (χ2v) is 4.94. The number of carbonyl (C=O) groups excluding carboxylic acids is 2. The minimum atomic E-state index is -0.538. The molecule has 1 N–H and O–H groups in total. The zero-order chi connectivity index (χ0) is 16.3. The molecule has 1 amide bonds. The van der Waals surface area contributed by atoms with Crippen molar-refractivity contribution in [3.8, 4) is 0 Å². The number of nitrogens with zero attached hydrogens (tertiary/aromatic N) is 4. The second-order valence-electron chi connectivity index (χ2n) is 4.53. The van der Waals surface area contributed by atoms with Crippen LogP contribution >= 0.6 is 11.6 Å². The Balaban J connectivity index is 2.13. The molecule has 2 aromatic heterocycles. The topological polar surface area (TPSA) is 91.0 Å². The number of ether oxygens (including phenoxy) is 1. The molecule has 0 spiro atoms. The van der Waals surface area contributed by atoms with E-state index in [1.165, 1.54) is 21.8 Å². The monoisotopic (exact) mass is 325 g/mol. The summed E-state index contributed by atoms with van der Waals surface area (Å²) in [5, 5.41) is 11.1. The van der Waals surface area contributed by atoms with Gasteiger partial charge in [-0.3, -0.25) is 14.2 Å². The standard InChI is InChI=1S/C13H16ClN5O3/c1-4-22-13(21)9-5-15-18(3)12(9)17-11(20)7-19-8(2)10(14)6-16-19/h5-6H,4,7H2,1-3H3,(H,17,20). The van der Waals surface area contributed by atoms with Gasteiger partial charge >= 0.3 is 5.97 Å². The van der Waals surface area contributed by atoms with Crippen LogP contribution in [0.3, 0.4) is 0 Å². The summed E-state index contributed by atoms with van der Waals surface area (Å²) in [6, 6.07) is 0. The molecule has 22 heavy (non-hydrogen) atoms. The molecule has 118 valence electrons. The van der Waals surface area contributed by atoms with Gasteiger partial charge in [0.25, 0.3) is 0 Å². The summed E-state index contributed by atoms with van der Waals surface area (Å²) in [5.74, 6) is -0.611. The fourth-order valence-corrected chi connectivity index (χ4v) is 1.98. The van der Waals surface area contributed by atoms with Crippen LogP contribution in [0, 0.1) is 6.92 Å². The summed E-state index contributed by atoms with van der Waals surface area (Å²) in [5.41, 5.74) is 0.889. The van der Waals surface area contributed by atoms with Crippen molar-refractivity contribution >= 4 is 29.3 Å². The lowest BCUT2D eigenvalue weighted by Crippen LogP contribution is -2.23. The van der Waals surface area contributed by atoms with Crippen LogP contribution in [-0.2, 0) is 23.1 Å². The van der Waals surface area contributed by atoms with Gasteiger partial charge < -0.3 is 10.1 Å². The first kappa shape index (κ1) is 16.0. The second kappa shape index (κ2) is 6.61. The van der Waals surface area contributed by atoms with Crippen LogP contribution in [0.25, 0.3) is 0 Å². The number of hydrogen-bond donors (Lipinski definition) is 1. The van der Waals surface area contributed by atoms with Gasteiger partial charge in [-0.15, -0.1) is 0 Å². The molecule has 0 saturated carbocycles. The molecule has 2 aromatic rings. The van der Waals surface area contributed by atoms with E-state index < -0.39 is 5.97 Å². The van der Waals surface area contributed by atoms with E-state index in [2.05, 4.69) is 15.5 Å². The van der Waals surface area contributed by atoms with Crippen LogP contribution in [0.1, 0.15) is 23.0 Å². The molecule has 0 bridgehead atoms. The molecule has 2 rings (SSSR count). The summed E-state index contributed by atoms with van der Waals surface area (Å²) < 4.78 is 7.79. The summed E-state index contributed by atoms with van der Waals surface area (Å²) in [4.78, 5) is 23.9. The maximum absolute atomic E-state index is 12.1. The average molecular weight is 326 g/mol.